The van der Waals surface area contributed by atoms with Crippen molar-refractivity contribution in [2.45, 2.75) is 38.4 Å². The molecule has 1 aliphatic heterocycles. The Morgan fingerprint density at radius 3 is 2.62 bits per heavy atom. The Labute approximate surface area is 223 Å². The second kappa shape index (κ2) is 10.5. The number of alkyl halides is 3. The maximum absolute atomic E-state index is 13.0. The summed E-state index contributed by atoms with van der Waals surface area (Å²) >= 11 is 0. The number of nitrogens with two attached hydrogens (primary N) is 1. The van der Waals surface area contributed by atoms with Crippen LogP contribution in [0.3, 0.4) is 0 Å². The van der Waals surface area contributed by atoms with Gasteiger partial charge in [0.1, 0.15) is 23.5 Å². The second-order valence-electron chi connectivity index (χ2n) is 9.71. The van der Waals surface area contributed by atoms with Gasteiger partial charge in [-0.15, -0.1) is 0 Å². The molecule has 1 aromatic carbocycles. The molecule has 1 aliphatic rings. The number of carbonyl (C=O) groups excluding carboxylic acids is 1. The van der Waals surface area contributed by atoms with Crippen molar-refractivity contribution in [2.75, 3.05) is 25.9 Å². The molecule has 0 radical (unpaired) electrons. The van der Waals surface area contributed by atoms with Crippen molar-refractivity contribution >= 4 is 22.6 Å². The molecule has 1 saturated heterocycles. The molecule has 11 heteroatoms. The second-order valence-corrected chi connectivity index (χ2v) is 9.71. The summed E-state index contributed by atoms with van der Waals surface area (Å²) in [7, 11) is 2.09. The summed E-state index contributed by atoms with van der Waals surface area (Å²) < 4.78 is 40.9. The molecule has 4 aromatic rings. The van der Waals surface area contributed by atoms with Crippen LogP contribution in [0.25, 0.3) is 11.0 Å². The van der Waals surface area contributed by atoms with E-state index in [4.69, 9.17) is 10.8 Å². The number of hydrogen-bond donors (Lipinski definition) is 1. The molecule has 2 N–H and O–H groups in total. The Morgan fingerprint density at radius 2 is 1.87 bits per heavy atom. The molecule has 0 spiro atoms. The fourth-order valence-electron chi connectivity index (χ4n) is 4.66. The number of piperidine rings is 1. The number of rotatable bonds is 4. The van der Waals surface area contributed by atoms with Gasteiger partial charge in [-0.25, -0.2) is 14.6 Å². The van der Waals surface area contributed by atoms with E-state index in [1.165, 1.54) is 12.4 Å². The number of nitrogens with zero attached hydrogens (tertiary/aromatic N) is 6. The zero-order valence-electron chi connectivity index (χ0n) is 21.5. The summed E-state index contributed by atoms with van der Waals surface area (Å²) in [6.45, 7) is 3.80. The molecule has 4 heterocycles. The highest BCUT2D eigenvalue weighted by Gasteiger charge is 2.33. The van der Waals surface area contributed by atoms with Gasteiger partial charge in [0, 0.05) is 23.7 Å². The lowest BCUT2D eigenvalue weighted by molar-refractivity contribution is -0.141. The molecule has 8 nitrogen and oxygen atoms in total. The highest BCUT2D eigenvalue weighted by atomic mass is 19.4. The summed E-state index contributed by atoms with van der Waals surface area (Å²) in [6.07, 6.45) is -0.422. The number of fused-ring (bicyclic) bond motifs is 1. The zero-order valence-corrected chi connectivity index (χ0v) is 21.5. The summed E-state index contributed by atoms with van der Waals surface area (Å²) in [6, 6.07) is 7.59. The normalized spacial score (nSPS) is 14.8. The van der Waals surface area contributed by atoms with Gasteiger partial charge < -0.3 is 10.6 Å². The molecule has 39 heavy (non-hydrogen) atoms. The maximum atomic E-state index is 13.0. The Morgan fingerprint density at radius 1 is 1.10 bits per heavy atom. The van der Waals surface area contributed by atoms with Gasteiger partial charge in [0.2, 0.25) is 0 Å². The Bertz CT molecular complexity index is 1610. The molecule has 5 rings (SSSR count). The van der Waals surface area contributed by atoms with Crippen molar-refractivity contribution in [1.29, 1.82) is 0 Å². The van der Waals surface area contributed by atoms with Gasteiger partial charge in [0.05, 0.1) is 11.4 Å². The number of nitrogen functional groups attached to an aromatic ring is 1. The van der Waals surface area contributed by atoms with Crippen molar-refractivity contribution < 1.29 is 18.0 Å². The van der Waals surface area contributed by atoms with Crippen LogP contribution in [0, 0.1) is 18.8 Å². The van der Waals surface area contributed by atoms with E-state index in [1.54, 1.807) is 12.1 Å². The Balaban J connectivity index is 1.44. The Kier molecular flexibility index (Phi) is 7.06. The molecule has 3 aromatic heterocycles. The molecule has 0 unspecified atom stereocenters. The molecule has 1 fully saturated rings. The van der Waals surface area contributed by atoms with Crippen LogP contribution in [0.1, 0.15) is 57.3 Å². The predicted molar refractivity (Wildman–Crippen MR) is 140 cm³/mol. The number of carbonyl (C=O) groups is 1. The number of aryl methyl sites for hydroxylation is 1. The van der Waals surface area contributed by atoms with E-state index >= 15 is 0 Å². The van der Waals surface area contributed by atoms with E-state index in [-0.39, 0.29) is 18.0 Å². The first kappa shape index (κ1) is 26.3. The number of anilines is 1. The molecule has 0 bridgehead atoms. The van der Waals surface area contributed by atoms with Crippen molar-refractivity contribution in [2.24, 2.45) is 0 Å². The number of benzene rings is 1. The fraction of sp³-hybridized carbons (Fsp3) is 0.321. The fourth-order valence-corrected chi connectivity index (χ4v) is 4.66. The molecule has 0 amide bonds. The van der Waals surface area contributed by atoms with Crippen LogP contribution in [0.4, 0.5) is 19.0 Å². The molecule has 0 atom stereocenters. The SMILES string of the molecule is Cc1ccc(CC(=O)c2ccnc(C(F)(F)F)c2)cc1C#Cc1nn(C2CCN(C)CC2)c2ncnc(N)c12. The smallest absolute Gasteiger partial charge is 0.383 e. The number of Topliss-reactive ketones (excluding diaryl/α,β-unsaturated/α-hetero) is 1. The van der Waals surface area contributed by atoms with Crippen LogP contribution in [0.15, 0.2) is 42.9 Å². The number of likely N-dealkylation sites (tertiary alicyclic amines) is 1. The number of hydrogen-bond acceptors (Lipinski definition) is 7. The minimum Gasteiger partial charge on any atom is -0.383 e. The minimum atomic E-state index is -4.62. The van der Waals surface area contributed by atoms with Crippen LogP contribution >= 0.6 is 0 Å². The number of aromatic nitrogens is 5. The van der Waals surface area contributed by atoms with E-state index < -0.39 is 17.7 Å². The van der Waals surface area contributed by atoms with Crippen LogP contribution in [0.2, 0.25) is 0 Å². The largest absolute Gasteiger partial charge is 0.433 e. The lowest BCUT2D eigenvalue weighted by Crippen LogP contribution is -2.32. The van der Waals surface area contributed by atoms with E-state index in [1.807, 2.05) is 17.7 Å². The van der Waals surface area contributed by atoms with Crippen LogP contribution in [-0.4, -0.2) is 55.6 Å². The number of ketones is 1. The third kappa shape index (κ3) is 5.61. The molecule has 0 aliphatic carbocycles. The Hall–Kier alpha value is -4.30. The van der Waals surface area contributed by atoms with Gasteiger partial charge in [-0.2, -0.15) is 18.3 Å². The highest BCUT2D eigenvalue weighted by molar-refractivity contribution is 5.97. The number of halogens is 3. The van der Waals surface area contributed by atoms with Crippen molar-refractivity contribution in [3.63, 3.8) is 0 Å². The van der Waals surface area contributed by atoms with Gasteiger partial charge in [-0.05, 0) is 75.1 Å². The van der Waals surface area contributed by atoms with Gasteiger partial charge in [0.15, 0.2) is 11.4 Å². The van der Waals surface area contributed by atoms with Crippen molar-refractivity contribution in [3.8, 4) is 11.8 Å². The standard InChI is InChI=1S/C28H26F3N7O/c1-17-3-4-18(14-23(39)20-7-10-33-24(15-20)28(29,30)31)13-19(17)5-6-22-25-26(32)34-16-35-27(25)38(36-22)21-8-11-37(2)12-9-21/h3-4,7,10,13,15-16,21H,8-9,11-12,14H2,1-2H3,(H2,32,34,35). The average molecular weight is 534 g/mol. The molecule has 0 saturated carbocycles. The van der Waals surface area contributed by atoms with E-state index in [2.05, 4.69) is 38.7 Å². The summed E-state index contributed by atoms with van der Waals surface area (Å²) in [4.78, 5) is 26.9. The quantitative estimate of drug-likeness (QED) is 0.310. The monoisotopic (exact) mass is 533 g/mol. The average Bonchev–Trinajstić information content (AvgIpc) is 3.29. The highest BCUT2D eigenvalue weighted by Crippen LogP contribution is 2.29. The van der Waals surface area contributed by atoms with Crippen LogP contribution < -0.4 is 5.73 Å². The van der Waals surface area contributed by atoms with Crippen molar-refractivity contribution in [3.05, 3.63) is 76.5 Å². The molecule has 200 valence electrons. The first-order chi connectivity index (χ1) is 18.6. The van der Waals surface area contributed by atoms with Gasteiger partial charge in [0.25, 0.3) is 0 Å². The predicted octanol–water partition coefficient (Wildman–Crippen LogP) is 4.22. The molecular formula is C28H26F3N7O. The van der Waals surface area contributed by atoms with Crippen molar-refractivity contribution in [1.82, 2.24) is 29.6 Å². The zero-order chi connectivity index (χ0) is 27.7. The lowest BCUT2D eigenvalue weighted by atomic mass is 9.99. The lowest BCUT2D eigenvalue weighted by Gasteiger charge is -2.29. The summed E-state index contributed by atoms with van der Waals surface area (Å²) in [5.41, 5.74) is 8.35. The summed E-state index contributed by atoms with van der Waals surface area (Å²) in [5, 5.41) is 5.38. The molecular weight excluding hydrogens is 507 g/mol. The first-order valence-electron chi connectivity index (χ1n) is 12.5. The van der Waals surface area contributed by atoms with Crippen LogP contribution in [0.5, 0.6) is 0 Å². The maximum Gasteiger partial charge on any atom is 0.433 e. The minimum absolute atomic E-state index is 0.0491. The van der Waals surface area contributed by atoms with Gasteiger partial charge >= 0.3 is 6.18 Å². The third-order valence-corrected chi connectivity index (χ3v) is 6.91. The van der Waals surface area contributed by atoms with Gasteiger partial charge in [-0.3, -0.25) is 9.78 Å². The first-order valence-corrected chi connectivity index (χ1v) is 12.5. The third-order valence-electron chi connectivity index (χ3n) is 6.91. The van der Waals surface area contributed by atoms with Gasteiger partial charge in [-0.1, -0.05) is 18.1 Å². The van der Waals surface area contributed by atoms with Crippen LogP contribution in [-0.2, 0) is 12.6 Å². The summed E-state index contributed by atoms with van der Waals surface area (Å²) in [5.74, 6) is 6.11. The number of pyridine rings is 1. The van der Waals surface area contributed by atoms with E-state index in [0.29, 0.717) is 33.7 Å². The van der Waals surface area contributed by atoms with E-state index in [9.17, 15) is 18.0 Å². The van der Waals surface area contributed by atoms with E-state index in [0.717, 1.165) is 43.8 Å². The topological polar surface area (TPSA) is 103 Å².